The lowest BCUT2D eigenvalue weighted by Gasteiger charge is -2.15. The number of carbonyl (C=O) groups is 1. The van der Waals surface area contributed by atoms with E-state index in [-0.39, 0.29) is 11.2 Å². The molecule has 0 amide bonds. The molecule has 0 aliphatic heterocycles. The second kappa shape index (κ2) is 4.78. The average Bonchev–Trinajstić information content (AvgIpc) is 3.09. The molecule has 0 radical (unpaired) electrons. The van der Waals surface area contributed by atoms with Crippen LogP contribution in [0.25, 0.3) is 0 Å². The number of Topliss-reactive ketones (excluding diaryl/α,β-unsaturated/α-hetero) is 1. The minimum Gasteiger partial charge on any atom is -0.496 e. The highest BCUT2D eigenvalue weighted by Gasteiger charge is 2.49. The Morgan fingerprint density at radius 1 is 1.53 bits per heavy atom. The van der Waals surface area contributed by atoms with Crippen LogP contribution in [-0.2, 0) is 0 Å². The molecule has 1 N–H and O–H groups in total. The van der Waals surface area contributed by atoms with Gasteiger partial charge in [-0.3, -0.25) is 4.79 Å². The first-order chi connectivity index (χ1) is 8.13. The van der Waals surface area contributed by atoms with E-state index in [0.29, 0.717) is 11.3 Å². The van der Waals surface area contributed by atoms with Crippen molar-refractivity contribution in [3.8, 4) is 5.75 Å². The van der Waals surface area contributed by atoms with E-state index < -0.39 is 0 Å². The minimum absolute atomic E-state index is 0.185. The third-order valence-corrected chi connectivity index (χ3v) is 3.75. The van der Waals surface area contributed by atoms with E-state index in [1.54, 1.807) is 7.11 Å². The number of nitrogens with one attached hydrogen (secondary N) is 1. The van der Waals surface area contributed by atoms with Gasteiger partial charge in [-0.1, -0.05) is 15.9 Å². The third-order valence-electron chi connectivity index (χ3n) is 3.26. The number of hydrogen-bond donors (Lipinski definition) is 1. The molecule has 0 spiro atoms. The van der Waals surface area contributed by atoms with Gasteiger partial charge < -0.3 is 10.1 Å². The number of ether oxygens (including phenoxy) is 1. The van der Waals surface area contributed by atoms with E-state index in [1.807, 2.05) is 25.2 Å². The number of rotatable bonds is 5. The van der Waals surface area contributed by atoms with E-state index in [2.05, 4.69) is 21.2 Å². The van der Waals surface area contributed by atoms with Crippen molar-refractivity contribution < 1.29 is 9.53 Å². The summed E-state index contributed by atoms with van der Waals surface area (Å²) in [4.78, 5) is 12.5. The number of carbonyl (C=O) groups excluding carboxylic acids is 1. The first kappa shape index (κ1) is 12.6. The highest BCUT2D eigenvalue weighted by Crippen LogP contribution is 2.48. The Labute approximate surface area is 110 Å². The fourth-order valence-electron chi connectivity index (χ4n) is 2.12. The molecule has 1 aromatic carbocycles. The van der Waals surface area contributed by atoms with Gasteiger partial charge in [0.15, 0.2) is 5.78 Å². The molecular weight excluding hydrogens is 282 g/mol. The Morgan fingerprint density at radius 2 is 2.24 bits per heavy atom. The monoisotopic (exact) mass is 297 g/mol. The van der Waals surface area contributed by atoms with Crippen molar-refractivity contribution in [2.24, 2.45) is 5.41 Å². The third kappa shape index (κ3) is 2.38. The Balaban J connectivity index is 2.33. The van der Waals surface area contributed by atoms with Gasteiger partial charge in [0.05, 0.1) is 12.7 Å². The summed E-state index contributed by atoms with van der Waals surface area (Å²) in [5.74, 6) is 0.838. The Bertz CT molecular complexity index is 441. The predicted molar refractivity (Wildman–Crippen MR) is 70.6 cm³/mol. The summed E-state index contributed by atoms with van der Waals surface area (Å²) >= 11 is 3.40. The second-order valence-corrected chi connectivity index (χ2v) is 5.40. The summed E-state index contributed by atoms with van der Waals surface area (Å²) in [6.45, 7) is 0.738. The molecule has 0 unspecified atom stereocenters. The number of hydrogen-bond acceptors (Lipinski definition) is 3. The molecule has 1 aliphatic rings. The van der Waals surface area contributed by atoms with Crippen LogP contribution in [0, 0.1) is 5.41 Å². The zero-order chi connectivity index (χ0) is 12.5. The quantitative estimate of drug-likeness (QED) is 0.849. The van der Waals surface area contributed by atoms with Crippen LogP contribution in [0.5, 0.6) is 5.75 Å². The Kier molecular flexibility index (Phi) is 3.54. The van der Waals surface area contributed by atoms with Crippen molar-refractivity contribution in [2.45, 2.75) is 12.8 Å². The largest absolute Gasteiger partial charge is 0.496 e. The Morgan fingerprint density at radius 3 is 2.76 bits per heavy atom. The second-order valence-electron chi connectivity index (χ2n) is 4.48. The van der Waals surface area contributed by atoms with Gasteiger partial charge in [0.1, 0.15) is 5.75 Å². The van der Waals surface area contributed by atoms with Crippen LogP contribution >= 0.6 is 15.9 Å². The average molecular weight is 298 g/mol. The topological polar surface area (TPSA) is 38.3 Å². The standard InChI is InChI=1S/C13H16BrNO2/c1-15-8-13(5-6-13)12(16)10-7-9(14)3-4-11(10)17-2/h3-4,7,15H,5-6,8H2,1-2H3. The summed E-state index contributed by atoms with van der Waals surface area (Å²) in [5, 5.41) is 3.10. The highest BCUT2D eigenvalue weighted by molar-refractivity contribution is 9.10. The maximum Gasteiger partial charge on any atom is 0.174 e. The summed E-state index contributed by atoms with van der Waals surface area (Å²) in [6.07, 6.45) is 1.92. The SMILES string of the molecule is CNCC1(C(=O)c2cc(Br)ccc2OC)CC1. The molecule has 17 heavy (non-hydrogen) atoms. The van der Waals surface area contributed by atoms with E-state index in [0.717, 1.165) is 23.9 Å². The van der Waals surface area contributed by atoms with E-state index in [4.69, 9.17) is 4.74 Å². The summed E-state index contributed by atoms with van der Waals surface area (Å²) in [7, 11) is 3.48. The highest BCUT2D eigenvalue weighted by atomic mass is 79.9. The summed E-state index contributed by atoms with van der Waals surface area (Å²) < 4.78 is 6.17. The van der Waals surface area contributed by atoms with Gasteiger partial charge in [0.25, 0.3) is 0 Å². The van der Waals surface area contributed by atoms with E-state index >= 15 is 0 Å². The van der Waals surface area contributed by atoms with E-state index in [9.17, 15) is 4.79 Å². The lowest BCUT2D eigenvalue weighted by atomic mass is 9.94. The molecule has 1 aliphatic carbocycles. The van der Waals surface area contributed by atoms with Crippen LogP contribution in [0.2, 0.25) is 0 Å². The van der Waals surface area contributed by atoms with Crippen molar-refractivity contribution in [1.82, 2.24) is 5.32 Å². The first-order valence-electron chi connectivity index (χ1n) is 5.66. The summed E-state index contributed by atoms with van der Waals surface area (Å²) in [5.41, 5.74) is 0.470. The normalized spacial score (nSPS) is 16.6. The molecule has 0 saturated heterocycles. The van der Waals surface area contributed by atoms with Gasteiger partial charge in [0, 0.05) is 16.4 Å². The zero-order valence-corrected chi connectivity index (χ0v) is 11.6. The van der Waals surface area contributed by atoms with Crippen molar-refractivity contribution in [3.05, 3.63) is 28.2 Å². The minimum atomic E-state index is -0.206. The fraction of sp³-hybridized carbons (Fsp3) is 0.462. The molecule has 0 heterocycles. The molecule has 2 rings (SSSR count). The molecule has 92 valence electrons. The number of ketones is 1. The van der Waals surface area contributed by atoms with Crippen LogP contribution in [-0.4, -0.2) is 26.5 Å². The fourth-order valence-corrected chi connectivity index (χ4v) is 2.48. The van der Waals surface area contributed by atoms with Crippen LogP contribution < -0.4 is 10.1 Å². The summed E-state index contributed by atoms with van der Waals surface area (Å²) in [6, 6.07) is 5.55. The number of benzene rings is 1. The maximum absolute atomic E-state index is 12.5. The van der Waals surface area contributed by atoms with Crippen molar-refractivity contribution >= 4 is 21.7 Å². The van der Waals surface area contributed by atoms with Gasteiger partial charge in [-0.2, -0.15) is 0 Å². The van der Waals surface area contributed by atoms with Gasteiger partial charge in [-0.15, -0.1) is 0 Å². The van der Waals surface area contributed by atoms with Gasteiger partial charge in [-0.05, 0) is 38.1 Å². The number of methoxy groups -OCH3 is 1. The number of halogens is 1. The maximum atomic E-state index is 12.5. The molecule has 1 saturated carbocycles. The van der Waals surface area contributed by atoms with Gasteiger partial charge in [0.2, 0.25) is 0 Å². The predicted octanol–water partition coefficient (Wildman–Crippen LogP) is 2.64. The molecule has 0 atom stereocenters. The smallest absolute Gasteiger partial charge is 0.174 e. The molecule has 0 bridgehead atoms. The molecule has 0 aromatic heterocycles. The molecule has 3 nitrogen and oxygen atoms in total. The Hall–Kier alpha value is -0.870. The lowest BCUT2D eigenvalue weighted by molar-refractivity contribution is 0.0897. The first-order valence-corrected chi connectivity index (χ1v) is 6.45. The molecular formula is C13H16BrNO2. The van der Waals surface area contributed by atoms with Crippen molar-refractivity contribution in [3.63, 3.8) is 0 Å². The van der Waals surface area contributed by atoms with Crippen LogP contribution in [0.4, 0.5) is 0 Å². The zero-order valence-electron chi connectivity index (χ0n) is 10.0. The van der Waals surface area contributed by atoms with Crippen molar-refractivity contribution in [2.75, 3.05) is 20.7 Å². The van der Waals surface area contributed by atoms with Crippen LogP contribution in [0.1, 0.15) is 23.2 Å². The van der Waals surface area contributed by atoms with Gasteiger partial charge >= 0.3 is 0 Å². The van der Waals surface area contributed by atoms with Gasteiger partial charge in [-0.25, -0.2) is 0 Å². The van der Waals surface area contributed by atoms with E-state index in [1.165, 1.54) is 0 Å². The van der Waals surface area contributed by atoms with Crippen LogP contribution in [0.15, 0.2) is 22.7 Å². The molecule has 1 fully saturated rings. The lowest BCUT2D eigenvalue weighted by Crippen LogP contribution is -2.28. The molecule has 4 heteroatoms. The molecule has 1 aromatic rings. The van der Waals surface area contributed by atoms with Crippen molar-refractivity contribution in [1.29, 1.82) is 0 Å². The van der Waals surface area contributed by atoms with Crippen LogP contribution in [0.3, 0.4) is 0 Å².